The number of anilines is 2. The molecule has 0 bridgehead atoms. The Hall–Kier alpha value is -3.99. The van der Waals surface area contributed by atoms with Gasteiger partial charge in [0.1, 0.15) is 38.8 Å². The van der Waals surface area contributed by atoms with E-state index in [0.717, 1.165) is 16.4 Å². The molecular weight excluding hydrogens is 479 g/mol. The van der Waals surface area contributed by atoms with Crippen LogP contribution in [0.4, 0.5) is 15.8 Å². The normalized spacial score (nSPS) is 14.2. The molecule has 11 heteroatoms. The minimum absolute atomic E-state index is 0.0989. The summed E-state index contributed by atoms with van der Waals surface area (Å²) in [5, 5.41) is 2.68. The number of hydrogen-bond donors (Lipinski definition) is 1. The molecule has 3 aromatic rings. The maximum atomic E-state index is 13.6. The van der Waals surface area contributed by atoms with E-state index in [1.807, 2.05) is 0 Å². The van der Waals surface area contributed by atoms with E-state index in [4.69, 9.17) is 18.9 Å². The van der Waals surface area contributed by atoms with Crippen LogP contribution in [0.15, 0.2) is 65.6 Å². The second-order valence-corrected chi connectivity index (χ2v) is 9.56. The van der Waals surface area contributed by atoms with Crippen LogP contribution in [-0.2, 0) is 14.8 Å². The lowest BCUT2D eigenvalue weighted by atomic mass is 10.2. The van der Waals surface area contributed by atoms with Crippen LogP contribution in [0.3, 0.4) is 0 Å². The second-order valence-electron chi connectivity index (χ2n) is 7.70. The maximum absolute atomic E-state index is 13.6. The van der Waals surface area contributed by atoms with Crippen LogP contribution in [0.25, 0.3) is 0 Å². The topological polar surface area (TPSA) is 103 Å². The largest absolute Gasteiger partial charge is 0.486 e. The van der Waals surface area contributed by atoms with Crippen LogP contribution in [-0.4, -0.2) is 47.3 Å². The van der Waals surface area contributed by atoms with Gasteiger partial charge in [0.15, 0.2) is 23.0 Å². The molecule has 9 nitrogen and oxygen atoms in total. The average Bonchev–Trinajstić information content (AvgIpc) is 2.87. The summed E-state index contributed by atoms with van der Waals surface area (Å²) in [5.74, 6) is 0.618. The molecule has 0 radical (unpaired) electrons. The zero-order valence-electron chi connectivity index (χ0n) is 18.4. The Balaban J connectivity index is 1.43. The Labute approximate surface area is 201 Å². The summed E-state index contributed by atoms with van der Waals surface area (Å²) in [6.45, 7) is 0.910. The lowest BCUT2D eigenvalue weighted by Crippen LogP contribution is -2.38. The van der Waals surface area contributed by atoms with E-state index >= 15 is 0 Å². The molecule has 2 aliphatic rings. The van der Waals surface area contributed by atoms with Crippen molar-refractivity contribution in [3.63, 3.8) is 0 Å². The molecule has 0 unspecified atom stereocenters. The molecule has 3 aromatic carbocycles. The standard InChI is InChI=1S/C24H21FN2O7S/c25-16-1-4-18(5-2-16)27(35(29,30)19-6-8-21-23(14-19)34-12-10-32-21)15-24(28)26-17-3-7-20-22(13-17)33-11-9-31-20/h1-8,13-14H,9-12,15H2,(H,26,28). The van der Waals surface area contributed by atoms with Gasteiger partial charge in [-0.3, -0.25) is 9.10 Å². The number of nitrogens with zero attached hydrogens (tertiary/aromatic N) is 1. The number of hydrogen-bond acceptors (Lipinski definition) is 7. The van der Waals surface area contributed by atoms with Gasteiger partial charge in [-0.1, -0.05) is 0 Å². The molecule has 182 valence electrons. The van der Waals surface area contributed by atoms with E-state index in [2.05, 4.69) is 5.32 Å². The average molecular weight is 501 g/mol. The van der Waals surface area contributed by atoms with Crippen LogP contribution in [0.1, 0.15) is 0 Å². The van der Waals surface area contributed by atoms with E-state index < -0.39 is 28.3 Å². The molecule has 1 N–H and O–H groups in total. The summed E-state index contributed by atoms with van der Waals surface area (Å²) in [4.78, 5) is 12.8. The van der Waals surface area contributed by atoms with Crippen molar-refractivity contribution >= 4 is 27.3 Å². The summed E-state index contributed by atoms with van der Waals surface area (Å²) in [6, 6.07) is 13.9. The highest BCUT2D eigenvalue weighted by Crippen LogP contribution is 2.35. The molecule has 0 spiro atoms. The first-order valence-corrected chi connectivity index (χ1v) is 12.2. The van der Waals surface area contributed by atoms with Gasteiger partial charge in [-0.15, -0.1) is 0 Å². The first-order valence-electron chi connectivity index (χ1n) is 10.8. The Morgan fingerprint density at radius 3 is 2.03 bits per heavy atom. The highest BCUT2D eigenvalue weighted by molar-refractivity contribution is 7.92. The number of ether oxygens (including phenoxy) is 4. The summed E-state index contributed by atoms with van der Waals surface area (Å²) in [6.07, 6.45) is 0. The number of rotatable bonds is 6. The van der Waals surface area contributed by atoms with Crippen molar-refractivity contribution in [1.29, 1.82) is 0 Å². The molecule has 1 amide bonds. The van der Waals surface area contributed by atoms with Crippen LogP contribution in [0.2, 0.25) is 0 Å². The fraction of sp³-hybridized carbons (Fsp3) is 0.208. The summed E-state index contributed by atoms with van der Waals surface area (Å²) >= 11 is 0. The van der Waals surface area contributed by atoms with Gasteiger partial charge in [0.05, 0.1) is 10.6 Å². The molecule has 0 saturated carbocycles. The number of nitrogens with one attached hydrogen (secondary N) is 1. The van der Waals surface area contributed by atoms with Gasteiger partial charge in [0.25, 0.3) is 10.0 Å². The maximum Gasteiger partial charge on any atom is 0.264 e. The molecule has 0 aliphatic carbocycles. The monoisotopic (exact) mass is 500 g/mol. The number of halogens is 1. The molecule has 2 aliphatic heterocycles. The van der Waals surface area contributed by atoms with Crippen LogP contribution in [0, 0.1) is 5.82 Å². The van der Waals surface area contributed by atoms with E-state index in [1.54, 1.807) is 18.2 Å². The van der Waals surface area contributed by atoms with E-state index in [-0.39, 0.29) is 22.9 Å². The lowest BCUT2D eigenvalue weighted by Gasteiger charge is -2.25. The van der Waals surface area contributed by atoms with E-state index in [9.17, 15) is 17.6 Å². The van der Waals surface area contributed by atoms with Gasteiger partial charge in [0.2, 0.25) is 5.91 Å². The SMILES string of the molecule is O=C(CN(c1ccc(F)cc1)S(=O)(=O)c1ccc2c(c1)OCCO2)Nc1ccc2c(c1)OCCO2. The molecular formula is C24H21FN2O7S. The lowest BCUT2D eigenvalue weighted by molar-refractivity contribution is -0.114. The van der Waals surface area contributed by atoms with Crippen molar-refractivity contribution in [3.8, 4) is 23.0 Å². The number of carbonyl (C=O) groups excluding carboxylic acids is 1. The van der Waals surface area contributed by atoms with Gasteiger partial charge in [0, 0.05) is 17.8 Å². The van der Waals surface area contributed by atoms with Crippen molar-refractivity contribution in [3.05, 3.63) is 66.5 Å². The Kier molecular flexibility index (Phi) is 6.08. The fourth-order valence-electron chi connectivity index (χ4n) is 3.69. The summed E-state index contributed by atoms with van der Waals surface area (Å²) < 4.78 is 63.6. The van der Waals surface area contributed by atoms with Crippen molar-refractivity contribution in [2.45, 2.75) is 4.90 Å². The zero-order valence-corrected chi connectivity index (χ0v) is 19.2. The molecule has 5 rings (SSSR count). The minimum Gasteiger partial charge on any atom is -0.486 e. The third-order valence-electron chi connectivity index (χ3n) is 5.33. The number of amides is 1. The van der Waals surface area contributed by atoms with Crippen LogP contribution in [0.5, 0.6) is 23.0 Å². The quantitative estimate of drug-likeness (QED) is 0.554. The van der Waals surface area contributed by atoms with Gasteiger partial charge in [-0.25, -0.2) is 12.8 Å². The van der Waals surface area contributed by atoms with E-state index in [1.165, 1.54) is 30.3 Å². The Morgan fingerprint density at radius 1 is 0.800 bits per heavy atom. The number of sulfonamides is 1. The first-order chi connectivity index (χ1) is 16.9. The molecule has 35 heavy (non-hydrogen) atoms. The van der Waals surface area contributed by atoms with Crippen LogP contribution >= 0.6 is 0 Å². The van der Waals surface area contributed by atoms with Gasteiger partial charge in [-0.2, -0.15) is 0 Å². The van der Waals surface area contributed by atoms with Crippen molar-refractivity contribution in [1.82, 2.24) is 0 Å². The third kappa shape index (κ3) is 4.80. The second kappa shape index (κ2) is 9.34. The first kappa shape index (κ1) is 22.8. The highest BCUT2D eigenvalue weighted by Gasteiger charge is 2.29. The summed E-state index contributed by atoms with van der Waals surface area (Å²) in [7, 11) is -4.23. The Bertz CT molecular complexity index is 1360. The van der Waals surface area contributed by atoms with Gasteiger partial charge in [-0.05, 0) is 48.5 Å². The zero-order chi connectivity index (χ0) is 24.4. The molecule has 0 atom stereocenters. The Morgan fingerprint density at radius 2 is 1.37 bits per heavy atom. The number of benzene rings is 3. The molecule has 0 fully saturated rings. The van der Waals surface area contributed by atoms with Crippen molar-refractivity contribution in [2.24, 2.45) is 0 Å². The third-order valence-corrected chi connectivity index (χ3v) is 7.10. The fourth-order valence-corrected chi connectivity index (χ4v) is 5.12. The van der Waals surface area contributed by atoms with Gasteiger partial charge < -0.3 is 24.3 Å². The molecule has 0 saturated heterocycles. The predicted octanol–water partition coefficient (Wildman–Crippen LogP) is 3.20. The minimum atomic E-state index is -4.23. The van der Waals surface area contributed by atoms with Crippen molar-refractivity contribution < 1.29 is 36.6 Å². The highest BCUT2D eigenvalue weighted by atomic mass is 32.2. The van der Waals surface area contributed by atoms with E-state index in [0.29, 0.717) is 42.8 Å². The van der Waals surface area contributed by atoms with Crippen molar-refractivity contribution in [2.75, 3.05) is 42.6 Å². The predicted molar refractivity (Wildman–Crippen MR) is 124 cm³/mol. The number of fused-ring (bicyclic) bond motifs is 2. The number of carbonyl (C=O) groups is 1. The van der Waals surface area contributed by atoms with Crippen LogP contribution < -0.4 is 28.6 Å². The summed E-state index contributed by atoms with van der Waals surface area (Å²) in [5.41, 5.74) is 0.536. The molecule has 2 heterocycles. The smallest absolute Gasteiger partial charge is 0.264 e. The molecule has 0 aromatic heterocycles. The van der Waals surface area contributed by atoms with Gasteiger partial charge >= 0.3 is 0 Å².